The van der Waals surface area contributed by atoms with E-state index in [1.54, 1.807) is 0 Å². The van der Waals surface area contributed by atoms with Gasteiger partial charge in [0, 0.05) is 6.04 Å². The first-order chi connectivity index (χ1) is 7.08. The number of nitrogens with zero attached hydrogens (tertiary/aromatic N) is 1. The maximum atomic E-state index is 11.5. The van der Waals surface area contributed by atoms with Crippen LogP contribution in [0.4, 0.5) is 0 Å². The highest BCUT2D eigenvalue weighted by atomic mass is 16.4. The minimum absolute atomic E-state index is 0.430. The molecule has 0 bridgehead atoms. The van der Waals surface area contributed by atoms with Crippen molar-refractivity contribution >= 4 is 5.97 Å². The van der Waals surface area contributed by atoms with Crippen LogP contribution in [0, 0.1) is 5.92 Å². The summed E-state index contributed by atoms with van der Waals surface area (Å²) in [5.74, 6) is 0.127. The predicted molar refractivity (Wildman–Crippen MR) is 58.8 cm³/mol. The van der Waals surface area contributed by atoms with Crippen LogP contribution in [0.2, 0.25) is 0 Å². The molecule has 2 aliphatic carbocycles. The molecule has 2 aliphatic rings. The quantitative estimate of drug-likeness (QED) is 0.774. The average Bonchev–Trinajstić information content (AvgIpc) is 2.93. The van der Waals surface area contributed by atoms with Crippen molar-refractivity contribution < 1.29 is 9.90 Å². The fourth-order valence-electron chi connectivity index (χ4n) is 2.96. The van der Waals surface area contributed by atoms with Gasteiger partial charge in [-0.2, -0.15) is 0 Å². The SMILES string of the molecule is CC(C1CC1)N(C)C1(C(=O)O)CCCC1. The molecule has 1 unspecified atom stereocenters. The highest BCUT2D eigenvalue weighted by molar-refractivity contribution is 5.79. The van der Waals surface area contributed by atoms with Crippen LogP contribution in [0.1, 0.15) is 45.4 Å². The molecule has 86 valence electrons. The molecule has 0 aliphatic heterocycles. The van der Waals surface area contributed by atoms with Gasteiger partial charge < -0.3 is 5.11 Å². The van der Waals surface area contributed by atoms with Crippen molar-refractivity contribution in [2.45, 2.75) is 57.0 Å². The summed E-state index contributed by atoms with van der Waals surface area (Å²) in [5, 5.41) is 9.44. The Labute approximate surface area is 91.5 Å². The standard InChI is InChI=1S/C12H21NO2/c1-9(10-5-6-10)13(2)12(11(14)15)7-3-4-8-12/h9-10H,3-8H2,1-2H3,(H,14,15). The van der Waals surface area contributed by atoms with Gasteiger partial charge in [0.05, 0.1) is 0 Å². The number of hydrogen-bond donors (Lipinski definition) is 1. The summed E-state index contributed by atoms with van der Waals surface area (Å²) in [6.45, 7) is 2.18. The molecule has 2 saturated carbocycles. The van der Waals surface area contributed by atoms with E-state index < -0.39 is 11.5 Å². The zero-order valence-corrected chi connectivity index (χ0v) is 9.70. The highest BCUT2D eigenvalue weighted by Crippen LogP contribution is 2.41. The molecule has 0 saturated heterocycles. The van der Waals surface area contributed by atoms with Crippen LogP contribution < -0.4 is 0 Å². The van der Waals surface area contributed by atoms with Crippen molar-refractivity contribution in [1.82, 2.24) is 4.90 Å². The summed E-state index contributed by atoms with van der Waals surface area (Å²) in [5.41, 5.74) is -0.554. The molecular weight excluding hydrogens is 190 g/mol. The summed E-state index contributed by atoms with van der Waals surface area (Å²) in [6.07, 6.45) is 6.34. The Morgan fingerprint density at radius 2 is 1.93 bits per heavy atom. The summed E-state index contributed by atoms with van der Waals surface area (Å²) in [7, 11) is 2.00. The number of aliphatic carboxylic acids is 1. The normalized spacial score (nSPS) is 26.9. The molecule has 0 amide bonds. The van der Waals surface area contributed by atoms with E-state index in [-0.39, 0.29) is 0 Å². The van der Waals surface area contributed by atoms with Gasteiger partial charge in [-0.25, -0.2) is 0 Å². The van der Waals surface area contributed by atoms with E-state index in [0.29, 0.717) is 6.04 Å². The van der Waals surface area contributed by atoms with Gasteiger partial charge in [0.2, 0.25) is 0 Å². The Morgan fingerprint density at radius 1 is 1.40 bits per heavy atom. The van der Waals surface area contributed by atoms with Gasteiger partial charge in [-0.3, -0.25) is 9.69 Å². The third-order valence-corrected chi connectivity index (χ3v) is 4.42. The first kappa shape index (κ1) is 10.9. The van der Waals surface area contributed by atoms with Crippen LogP contribution >= 0.6 is 0 Å². The summed E-state index contributed by atoms with van der Waals surface area (Å²) in [4.78, 5) is 13.6. The molecular formula is C12H21NO2. The summed E-state index contributed by atoms with van der Waals surface area (Å²) in [6, 6.07) is 0.430. The Bertz CT molecular complexity index is 254. The molecule has 0 aromatic rings. The molecule has 2 fully saturated rings. The van der Waals surface area contributed by atoms with Crippen LogP contribution in [0.3, 0.4) is 0 Å². The lowest BCUT2D eigenvalue weighted by molar-refractivity contribution is -0.152. The third-order valence-electron chi connectivity index (χ3n) is 4.42. The smallest absolute Gasteiger partial charge is 0.324 e. The van der Waals surface area contributed by atoms with E-state index >= 15 is 0 Å². The van der Waals surface area contributed by atoms with Crippen molar-refractivity contribution in [3.63, 3.8) is 0 Å². The topological polar surface area (TPSA) is 40.5 Å². The fraction of sp³-hybridized carbons (Fsp3) is 0.917. The zero-order chi connectivity index (χ0) is 11.1. The molecule has 15 heavy (non-hydrogen) atoms. The number of likely N-dealkylation sites (N-methyl/N-ethyl adjacent to an activating group) is 1. The number of carboxylic acids is 1. The molecule has 0 radical (unpaired) electrons. The van der Waals surface area contributed by atoms with Gasteiger partial charge in [0.1, 0.15) is 5.54 Å². The molecule has 3 heteroatoms. The van der Waals surface area contributed by atoms with E-state index in [1.807, 2.05) is 7.05 Å². The van der Waals surface area contributed by atoms with Crippen molar-refractivity contribution in [2.24, 2.45) is 5.92 Å². The molecule has 0 aromatic carbocycles. The lowest BCUT2D eigenvalue weighted by atomic mass is 9.93. The first-order valence-electron chi connectivity index (χ1n) is 6.04. The Hall–Kier alpha value is -0.570. The summed E-state index contributed by atoms with van der Waals surface area (Å²) >= 11 is 0. The Kier molecular flexibility index (Phi) is 2.75. The van der Waals surface area contributed by atoms with Crippen LogP contribution in [-0.2, 0) is 4.79 Å². The maximum Gasteiger partial charge on any atom is 0.324 e. The Morgan fingerprint density at radius 3 is 2.33 bits per heavy atom. The van der Waals surface area contributed by atoms with Crippen molar-refractivity contribution in [2.75, 3.05) is 7.05 Å². The minimum atomic E-state index is -0.616. The second-order valence-corrected chi connectivity index (χ2v) is 5.23. The molecule has 1 atom stereocenters. The van der Waals surface area contributed by atoms with Gasteiger partial charge in [-0.1, -0.05) is 12.8 Å². The zero-order valence-electron chi connectivity index (χ0n) is 9.70. The van der Waals surface area contributed by atoms with E-state index in [1.165, 1.54) is 12.8 Å². The lowest BCUT2D eigenvalue weighted by Crippen LogP contribution is -2.54. The summed E-state index contributed by atoms with van der Waals surface area (Å²) < 4.78 is 0. The van der Waals surface area contributed by atoms with E-state index in [9.17, 15) is 9.90 Å². The number of carboxylic acid groups (broad SMARTS) is 1. The first-order valence-corrected chi connectivity index (χ1v) is 6.04. The minimum Gasteiger partial charge on any atom is -0.480 e. The number of hydrogen-bond acceptors (Lipinski definition) is 2. The second-order valence-electron chi connectivity index (χ2n) is 5.23. The largest absolute Gasteiger partial charge is 0.480 e. The van der Waals surface area contributed by atoms with Gasteiger partial charge in [0.25, 0.3) is 0 Å². The number of carbonyl (C=O) groups is 1. The fourth-order valence-corrected chi connectivity index (χ4v) is 2.96. The van der Waals surface area contributed by atoms with Gasteiger partial charge >= 0.3 is 5.97 Å². The maximum absolute atomic E-state index is 11.5. The molecule has 2 rings (SSSR count). The van der Waals surface area contributed by atoms with Crippen LogP contribution in [0.15, 0.2) is 0 Å². The third kappa shape index (κ3) is 1.78. The van der Waals surface area contributed by atoms with Crippen LogP contribution in [-0.4, -0.2) is 34.6 Å². The highest BCUT2D eigenvalue weighted by Gasteiger charge is 2.48. The van der Waals surface area contributed by atoms with Gasteiger partial charge in [0.15, 0.2) is 0 Å². The van der Waals surface area contributed by atoms with Crippen LogP contribution in [0.5, 0.6) is 0 Å². The monoisotopic (exact) mass is 211 g/mol. The van der Waals surface area contributed by atoms with Gasteiger partial charge in [-0.15, -0.1) is 0 Å². The lowest BCUT2D eigenvalue weighted by Gasteiger charge is -2.39. The molecule has 1 N–H and O–H groups in total. The van der Waals surface area contributed by atoms with Crippen molar-refractivity contribution in [3.8, 4) is 0 Å². The van der Waals surface area contributed by atoms with E-state index in [2.05, 4.69) is 11.8 Å². The van der Waals surface area contributed by atoms with Crippen molar-refractivity contribution in [3.05, 3.63) is 0 Å². The molecule has 3 nitrogen and oxygen atoms in total. The van der Waals surface area contributed by atoms with E-state index in [4.69, 9.17) is 0 Å². The predicted octanol–water partition coefficient (Wildman–Crippen LogP) is 2.11. The number of rotatable bonds is 4. The van der Waals surface area contributed by atoms with Crippen LogP contribution in [0.25, 0.3) is 0 Å². The molecule has 0 aromatic heterocycles. The Balaban J connectivity index is 2.12. The molecule has 0 spiro atoms. The molecule has 0 heterocycles. The van der Waals surface area contributed by atoms with Gasteiger partial charge in [-0.05, 0) is 45.6 Å². The van der Waals surface area contributed by atoms with Crippen molar-refractivity contribution in [1.29, 1.82) is 0 Å². The average molecular weight is 211 g/mol. The van der Waals surface area contributed by atoms with E-state index in [0.717, 1.165) is 31.6 Å². The second kappa shape index (κ2) is 3.78.